The molecule has 166 valence electrons. The van der Waals surface area contributed by atoms with Gasteiger partial charge in [-0.3, -0.25) is 9.59 Å². The summed E-state index contributed by atoms with van der Waals surface area (Å²) in [4.78, 5) is 38.7. The Hall–Kier alpha value is -3.61. The Morgan fingerprint density at radius 3 is 2.53 bits per heavy atom. The number of hydrogen-bond acceptors (Lipinski definition) is 6. The Morgan fingerprint density at radius 2 is 1.84 bits per heavy atom. The lowest BCUT2D eigenvalue weighted by atomic mass is 10.0. The van der Waals surface area contributed by atoms with Crippen LogP contribution in [-0.2, 0) is 33.8 Å². The van der Waals surface area contributed by atoms with Gasteiger partial charge in [-0.2, -0.15) is 0 Å². The monoisotopic (exact) mass is 435 g/mol. The maximum absolute atomic E-state index is 12.7. The number of phenolic OH excluding ortho intramolecular Hbond substituents is 1. The number of phenols is 1. The average molecular weight is 435 g/mol. The normalized spacial score (nSPS) is 16.0. The molecule has 2 heterocycles. The molecule has 1 aromatic heterocycles. The number of aryl methyl sites for hydroxylation is 2. The average Bonchev–Trinajstić information content (AvgIpc) is 3.18. The predicted octanol–water partition coefficient (Wildman–Crippen LogP) is 3.72. The topological polar surface area (TPSA) is 97.1 Å². The van der Waals surface area contributed by atoms with Crippen LogP contribution in [0.2, 0.25) is 0 Å². The Kier molecular flexibility index (Phi) is 5.99. The van der Waals surface area contributed by atoms with Crippen LogP contribution in [0.1, 0.15) is 37.0 Å². The van der Waals surface area contributed by atoms with Crippen LogP contribution in [0.4, 0.5) is 5.69 Å². The van der Waals surface area contributed by atoms with E-state index >= 15 is 0 Å². The summed E-state index contributed by atoms with van der Waals surface area (Å²) >= 11 is 0. The minimum atomic E-state index is -0.593. The highest BCUT2D eigenvalue weighted by Crippen LogP contribution is 2.29. The molecule has 0 aliphatic carbocycles. The molecule has 1 aliphatic heterocycles. The van der Waals surface area contributed by atoms with Gasteiger partial charge in [-0.25, -0.2) is 4.79 Å². The van der Waals surface area contributed by atoms with Crippen molar-refractivity contribution < 1.29 is 23.8 Å². The Balaban J connectivity index is 1.48. The minimum Gasteiger partial charge on any atom is -0.508 e. The molecule has 32 heavy (non-hydrogen) atoms. The number of amides is 1. The Bertz CT molecular complexity index is 1230. The maximum Gasteiger partial charge on any atom is 0.336 e. The molecule has 0 bridgehead atoms. The third-order valence-electron chi connectivity index (χ3n) is 5.89. The first-order chi connectivity index (χ1) is 15.4. The van der Waals surface area contributed by atoms with Gasteiger partial charge in [0, 0.05) is 41.7 Å². The molecule has 1 saturated heterocycles. The number of carbonyl (C=O) groups is 2. The number of esters is 1. The molecule has 3 aromatic rings. The quantitative estimate of drug-likeness (QED) is 0.468. The van der Waals surface area contributed by atoms with Crippen LogP contribution in [0.3, 0.4) is 0 Å². The van der Waals surface area contributed by atoms with E-state index in [4.69, 9.17) is 9.15 Å². The van der Waals surface area contributed by atoms with E-state index in [1.807, 2.05) is 31.2 Å². The molecule has 1 N–H and O–H groups in total. The third kappa shape index (κ3) is 4.23. The van der Waals surface area contributed by atoms with Gasteiger partial charge in [0.2, 0.25) is 5.91 Å². The fraction of sp³-hybridized carbons (Fsp3) is 0.320. The second kappa shape index (κ2) is 8.86. The number of rotatable bonds is 6. The fourth-order valence-electron chi connectivity index (χ4n) is 4.00. The van der Waals surface area contributed by atoms with Gasteiger partial charge < -0.3 is 19.2 Å². The molecule has 7 nitrogen and oxygen atoms in total. The Morgan fingerprint density at radius 1 is 1.09 bits per heavy atom. The van der Waals surface area contributed by atoms with Crippen LogP contribution < -0.4 is 10.5 Å². The Labute approximate surface area is 185 Å². The lowest BCUT2D eigenvalue weighted by Gasteiger charge is -2.17. The number of hydrogen-bond donors (Lipinski definition) is 1. The summed E-state index contributed by atoms with van der Waals surface area (Å²) in [6, 6.07) is 12.1. The van der Waals surface area contributed by atoms with Crippen molar-refractivity contribution in [3.63, 3.8) is 0 Å². The van der Waals surface area contributed by atoms with Crippen LogP contribution >= 0.6 is 0 Å². The van der Waals surface area contributed by atoms with Crippen LogP contribution in [-0.4, -0.2) is 23.5 Å². The summed E-state index contributed by atoms with van der Waals surface area (Å²) in [5, 5.41) is 10.6. The minimum absolute atomic E-state index is 0.0498. The highest BCUT2D eigenvalue weighted by atomic mass is 16.5. The van der Waals surface area contributed by atoms with Crippen molar-refractivity contribution in [3.05, 3.63) is 69.6 Å². The maximum atomic E-state index is 12.7. The van der Waals surface area contributed by atoms with E-state index in [-0.39, 0.29) is 36.8 Å². The number of anilines is 1. The molecule has 1 amide bonds. The molecule has 1 fully saturated rings. The van der Waals surface area contributed by atoms with Gasteiger partial charge in [-0.05, 0) is 42.2 Å². The summed E-state index contributed by atoms with van der Waals surface area (Å²) in [5.41, 5.74) is 2.78. The van der Waals surface area contributed by atoms with Gasteiger partial charge in [-0.1, -0.05) is 26.0 Å². The fourth-order valence-corrected chi connectivity index (χ4v) is 4.00. The number of benzene rings is 2. The summed E-state index contributed by atoms with van der Waals surface area (Å²) in [5.74, 6) is -1.13. The number of fused-ring (bicyclic) bond motifs is 1. The molecule has 0 radical (unpaired) electrons. The van der Waals surface area contributed by atoms with Gasteiger partial charge in [0.15, 0.2) is 0 Å². The van der Waals surface area contributed by atoms with Crippen LogP contribution in [0.15, 0.2) is 51.7 Å². The van der Waals surface area contributed by atoms with Crippen molar-refractivity contribution in [2.75, 3.05) is 11.4 Å². The van der Waals surface area contributed by atoms with Crippen molar-refractivity contribution >= 4 is 28.5 Å². The van der Waals surface area contributed by atoms with Crippen molar-refractivity contribution in [1.82, 2.24) is 0 Å². The zero-order valence-electron chi connectivity index (χ0n) is 18.1. The van der Waals surface area contributed by atoms with E-state index in [9.17, 15) is 19.5 Å². The number of nitrogens with zero attached hydrogens (tertiary/aromatic N) is 1. The highest BCUT2D eigenvalue weighted by molar-refractivity contribution is 5.99. The smallest absolute Gasteiger partial charge is 0.336 e. The number of carbonyl (C=O) groups excluding carboxylic acids is 2. The van der Waals surface area contributed by atoms with Gasteiger partial charge in [0.25, 0.3) is 0 Å². The molecule has 0 saturated carbocycles. The lowest BCUT2D eigenvalue weighted by molar-refractivity contribution is -0.149. The zero-order valence-corrected chi connectivity index (χ0v) is 18.1. The van der Waals surface area contributed by atoms with E-state index in [0.717, 1.165) is 12.1 Å². The van der Waals surface area contributed by atoms with Crippen molar-refractivity contribution in [2.24, 2.45) is 5.92 Å². The first-order valence-corrected chi connectivity index (χ1v) is 10.7. The van der Waals surface area contributed by atoms with E-state index in [1.165, 1.54) is 17.7 Å². The second-order valence-corrected chi connectivity index (χ2v) is 7.95. The number of ether oxygens (including phenoxy) is 1. The summed E-state index contributed by atoms with van der Waals surface area (Å²) < 4.78 is 10.7. The molecule has 7 heteroatoms. The van der Waals surface area contributed by atoms with E-state index in [2.05, 4.69) is 6.92 Å². The van der Waals surface area contributed by atoms with Gasteiger partial charge >= 0.3 is 11.6 Å². The number of aromatic hydroxyl groups is 1. The summed E-state index contributed by atoms with van der Waals surface area (Å²) in [7, 11) is 0. The molecule has 2 aromatic carbocycles. The lowest BCUT2D eigenvalue weighted by Crippen LogP contribution is -2.26. The van der Waals surface area contributed by atoms with Crippen LogP contribution in [0, 0.1) is 5.92 Å². The van der Waals surface area contributed by atoms with Crippen LogP contribution in [0.25, 0.3) is 11.0 Å². The molecular weight excluding hydrogens is 410 g/mol. The zero-order chi connectivity index (χ0) is 22.8. The molecule has 1 unspecified atom stereocenters. The molecule has 1 aliphatic rings. The molecule has 1 atom stereocenters. The van der Waals surface area contributed by atoms with Gasteiger partial charge in [0.1, 0.15) is 17.9 Å². The predicted molar refractivity (Wildman–Crippen MR) is 120 cm³/mol. The second-order valence-electron chi connectivity index (χ2n) is 7.95. The molecular formula is C25H25NO6. The first kappa shape index (κ1) is 21.6. The van der Waals surface area contributed by atoms with E-state index in [0.29, 0.717) is 22.9 Å². The SMILES string of the molecule is CCc1ccc(N2CC(C(=O)OCc3cc(=O)oc4cc(O)c(CC)cc34)CC2=O)cc1. The first-order valence-electron chi connectivity index (χ1n) is 10.7. The highest BCUT2D eigenvalue weighted by Gasteiger charge is 2.36. The van der Waals surface area contributed by atoms with Crippen molar-refractivity contribution in [3.8, 4) is 5.75 Å². The van der Waals surface area contributed by atoms with Crippen molar-refractivity contribution in [1.29, 1.82) is 0 Å². The summed E-state index contributed by atoms with van der Waals surface area (Å²) in [6.45, 7) is 4.10. The summed E-state index contributed by atoms with van der Waals surface area (Å²) in [6.07, 6.45) is 1.59. The van der Waals surface area contributed by atoms with E-state index in [1.54, 1.807) is 11.0 Å². The van der Waals surface area contributed by atoms with Gasteiger partial charge in [0.05, 0.1) is 5.92 Å². The third-order valence-corrected chi connectivity index (χ3v) is 5.89. The molecule has 0 spiro atoms. The largest absolute Gasteiger partial charge is 0.508 e. The standard InChI is InChI=1S/C25H25NO6/c1-3-15-5-7-19(8-6-15)26-13-17(10-23(26)28)25(30)31-14-18-11-24(29)32-22-12-21(27)16(4-2)9-20(18)22/h5-9,11-12,17,27H,3-4,10,13-14H2,1-2H3. The van der Waals surface area contributed by atoms with Crippen molar-refractivity contribution in [2.45, 2.75) is 39.7 Å². The molecule has 4 rings (SSSR count). The van der Waals surface area contributed by atoms with E-state index < -0.39 is 17.5 Å². The van der Waals surface area contributed by atoms with Gasteiger partial charge in [-0.15, -0.1) is 0 Å². The van der Waals surface area contributed by atoms with Crippen LogP contribution in [0.5, 0.6) is 5.75 Å².